The average molecular weight is 442 g/mol. The first-order chi connectivity index (χ1) is 15.0. The summed E-state index contributed by atoms with van der Waals surface area (Å²) in [6.07, 6.45) is 4.79. The highest BCUT2D eigenvalue weighted by Crippen LogP contribution is 2.45. The predicted octanol–water partition coefficient (Wildman–Crippen LogP) is 4.67. The number of thioether (sulfide) groups is 1. The molecule has 31 heavy (non-hydrogen) atoms. The molecule has 0 aliphatic carbocycles. The summed E-state index contributed by atoms with van der Waals surface area (Å²) in [7, 11) is 3.14. The topological polar surface area (TPSA) is 82.6 Å². The average Bonchev–Trinajstić information content (AvgIpc) is 2.78. The SMILES string of the molecule is COc1ccc([C@@H]2C[C@@H](c3cc(-c4cncnc4)c(F)cc3F)N=C(N)S2)cc1OC. The van der Waals surface area contributed by atoms with E-state index in [-0.39, 0.29) is 16.4 Å². The number of hydrogen-bond acceptors (Lipinski definition) is 7. The Morgan fingerprint density at radius 3 is 2.45 bits per heavy atom. The third kappa shape index (κ3) is 4.32. The van der Waals surface area contributed by atoms with Crippen molar-refractivity contribution in [2.75, 3.05) is 14.2 Å². The van der Waals surface area contributed by atoms with Crippen molar-refractivity contribution in [1.29, 1.82) is 0 Å². The van der Waals surface area contributed by atoms with Gasteiger partial charge in [0.25, 0.3) is 0 Å². The van der Waals surface area contributed by atoms with Crippen molar-refractivity contribution < 1.29 is 18.3 Å². The lowest BCUT2D eigenvalue weighted by Crippen LogP contribution is -2.19. The van der Waals surface area contributed by atoms with Crippen LogP contribution in [-0.2, 0) is 0 Å². The van der Waals surface area contributed by atoms with Crippen molar-refractivity contribution in [3.8, 4) is 22.6 Å². The number of hydrogen-bond donors (Lipinski definition) is 1. The minimum Gasteiger partial charge on any atom is -0.493 e. The van der Waals surface area contributed by atoms with Gasteiger partial charge in [0.2, 0.25) is 0 Å². The van der Waals surface area contributed by atoms with E-state index in [1.165, 1.54) is 36.5 Å². The molecule has 1 aliphatic heterocycles. The van der Waals surface area contributed by atoms with Crippen LogP contribution < -0.4 is 15.2 Å². The Morgan fingerprint density at radius 1 is 1.00 bits per heavy atom. The second kappa shape index (κ2) is 8.89. The normalized spacial score (nSPS) is 18.4. The molecule has 9 heteroatoms. The van der Waals surface area contributed by atoms with Gasteiger partial charge in [-0.25, -0.2) is 18.7 Å². The lowest BCUT2D eigenvalue weighted by molar-refractivity contribution is 0.354. The summed E-state index contributed by atoms with van der Waals surface area (Å²) in [4.78, 5) is 12.3. The van der Waals surface area contributed by atoms with Crippen molar-refractivity contribution in [2.45, 2.75) is 17.7 Å². The zero-order valence-electron chi connectivity index (χ0n) is 16.9. The smallest absolute Gasteiger partial charge is 0.161 e. The van der Waals surface area contributed by atoms with Crippen LogP contribution >= 0.6 is 11.8 Å². The minimum absolute atomic E-state index is 0.0877. The van der Waals surface area contributed by atoms with Gasteiger partial charge in [-0.05, 0) is 30.2 Å². The first-order valence-corrected chi connectivity index (χ1v) is 10.3. The fourth-order valence-electron chi connectivity index (χ4n) is 3.57. The van der Waals surface area contributed by atoms with Crippen LogP contribution in [0.15, 0.2) is 54.0 Å². The molecule has 2 aromatic carbocycles. The molecule has 2 atom stereocenters. The van der Waals surface area contributed by atoms with Crippen LogP contribution in [0.5, 0.6) is 11.5 Å². The number of aliphatic imine (C=N–C) groups is 1. The Kier molecular flexibility index (Phi) is 6.03. The zero-order valence-corrected chi connectivity index (χ0v) is 17.7. The Bertz CT molecular complexity index is 1130. The van der Waals surface area contributed by atoms with E-state index in [1.807, 2.05) is 18.2 Å². The molecule has 4 rings (SSSR count). The molecule has 0 radical (unpaired) electrons. The molecular weight excluding hydrogens is 422 g/mol. The number of methoxy groups -OCH3 is 2. The van der Waals surface area contributed by atoms with Crippen molar-refractivity contribution >= 4 is 16.9 Å². The van der Waals surface area contributed by atoms with E-state index in [4.69, 9.17) is 15.2 Å². The van der Waals surface area contributed by atoms with Gasteiger partial charge in [-0.3, -0.25) is 4.99 Å². The van der Waals surface area contributed by atoms with E-state index < -0.39 is 17.7 Å². The van der Waals surface area contributed by atoms with Gasteiger partial charge in [0.1, 0.15) is 18.0 Å². The molecule has 0 unspecified atom stereocenters. The van der Waals surface area contributed by atoms with Crippen LogP contribution in [0.1, 0.15) is 28.8 Å². The predicted molar refractivity (Wildman–Crippen MR) is 116 cm³/mol. The molecule has 160 valence electrons. The number of rotatable bonds is 5. The maximum atomic E-state index is 14.8. The highest BCUT2D eigenvalue weighted by atomic mass is 32.2. The molecule has 1 aliphatic rings. The summed E-state index contributed by atoms with van der Waals surface area (Å²) < 4.78 is 39.9. The van der Waals surface area contributed by atoms with Crippen molar-refractivity contribution in [2.24, 2.45) is 10.7 Å². The monoisotopic (exact) mass is 442 g/mol. The van der Waals surface area contributed by atoms with Gasteiger partial charge in [-0.2, -0.15) is 0 Å². The molecule has 0 bridgehead atoms. The summed E-state index contributed by atoms with van der Waals surface area (Å²) in [5, 5.41) is 0.250. The molecule has 2 N–H and O–H groups in total. The third-order valence-corrected chi connectivity index (χ3v) is 6.18. The van der Waals surface area contributed by atoms with Crippen LogP contribution in [0.3, 0.4) is 0 Å². The van der Waals surface area contributed by atoms with Gasteiger partial charge in [0.15, 0.2) is 16.7 Å². The number of benzene rings is 2. The first-order valence-electron chi connectivity index (χ1n) is 9.46. The van der Waals surface area contributed by atoms with E-state index in [9.17, 15) is 8.78 Å². The molecular formula is C22H20F2N4O2S. The highest BCUT2D eigenvalue weighted by molar-refractivity contribution is 8.14. The lowest BCUT2D eigenvalue weighted by Gasteiger charge is -2.27. The highest BCUT2D eigenvalue weighted by Gasteiger charge is 2.29. The number of aromatic nitrogens is 2. The standard InChI is InChI=1S/C22H20F2N4O2S/c1-29-19-4-3-12(5-20(19)30-2)21-8-18(28-22(25)31-21)15-6-14(16(23)7-17(15)24)13-9-26-11-27-10-13/h3-7,9-11,18,21H,8H2,1-2H3,(H2,25,28)/t18-,21-/m0/s1. The molecule has 0 saturated heterocycles. The fraction of sp³-hybridized carbons (Fsp3) is 0.227. The Morgan fingerprint density at radius 2 is 1.74 bits per heavy atom. The van der Waals surface area contributed by atoms with Crippen LogP contribution in [0.25, 0.3) is 11.1 Å². The van der Waals surface area contributed by atoms with Gasteiger partial charge < -0.3 is 15.2 Å². The summed E-state index contributed by atoms with van der Waals surface area (Å²) in [5.41, 5.74) is 7.98. The molecule has 3 aromatic rings. The van der Waals surface area contributed by atoms with Crippen LogP contribution in [0.2, 0.25) is 0 Å². The zero-order chi connectivity index (χ0) is 22.0. The molecule has 0 spiro atoms. The molecule has 2 heterocycles. The Balaban J connectivity index is 1.70. The van der Waals surface area contributed by atoms with E-state index in [1.54, 1.807) is 14.2 Å². The number of ether oxygens (including phenoxy) is 2. The summed E-state index contributed by atoms with van der Waals surface area (Å²) in [5.74, 6) is -0.144. The number of nitrogens with two attached hydrogens (primary N) is 1. The van der Waals surface area contributed by atoms with E-state index in [2.05, 4.69) is 15.0 Å². The Labute approximate surface area is 182 Å². The lowest BCUT2D eigenvalue weighted by atomic mass is 9.95. The first kappa shape index (κ1) is 21.0. The second-order valence-corrected chi connectivity index (χ2v) is 8.14. The van der Waals surface area contributed by atoms with Gasteiger partial charge in [0.05, 0.1) is 20.3 Å². The summed E-state index contributed by atoms with van der Waals surface area (Å²) >= 11 is 1.39. The summed E-state index contributed by atoms with van der Waals surface area (Å²) in [6.45, 7) is 0. The number of amidine groups is 1. The molecule has 0 saturated carbocycles. The maximum absolute atomic E-state index is 14.8. The van der Waals surface area contributed by atoms with Gasteiger partial charge in [0, 0.05) is 40.4 Å². The van der Waals surface area contributed by atoms with E-state index in [0.29, 0.717) is 28.7 Å². The fourth-order valence-corrected chi connectivity index (χ4v) is 4.61. The van der Waals surface area contributed by atoms with Gasteiger partial charge in [-0.1, -0.05) is 17.8 Å². The van der Waals surface area contributed by atoms with Crippen LogP contribution in [0, 0.1) is 11.6 Å². The molecule has 0 fully saturated rings. The second-order valence-electron chi connectivity index (χ2n) is 6.92. The molecule has 6 nitrogen and oxygen atoms in total. The van der Waals surface area contributed by atoms with Crippen LogP contribution in [-0.4, -0.2) is 29.4 Å². The third-order valence-electron chi connectivity index (χ3n) is 5.08. The largest absolute Gasteiger partial charge is 0.493 e. The van der Waals surface area contributed by atoms with E-state index in [0.717, 1.165) is 11.6 Å². The van der Waals surface area contributed by atoms with E-state index >= 15 is 0 Å². The maximum Gasteiger partial charge on any atom is 0.161 e. The number of halogens is 2. The quantitative estimate of drug-likeness (QED) is 0.618. The summed E-state index contributed by atoms with van der Waals surface area (Å²) in [6, 6.07) is 7.38. The molecule has 1 aromatic heterocycles. The van der Waals surface area contributed by atoms with Gasteiger partial charge >= 0.3 is 0 Å². The van der Waals surface area contributed by atoms with Crippen molar-refractivity contribution in [1.82, 2.24) is 9.97 Å². The number of nitrogens with zero attached hydrogens (tertiary/aromatic N) is 3. The molecule has 0 amide bonds. The van der Waals surface area contributed by atoms with Crippen molar-refractivity contribution in [3.63, 3.8) is 0 Å². The van der Waals surface area contributed by atoms with Crippen molar-refractivity contribution in [3.05, 3.63) is 71.8 Å². The van der Waals surface area contributed by atoms with Crippen LogP contribution in [0.4, 0.5) is 8.78 Å². The Hall–Kier alpha value is -3.20. The minimum atomic E-state index is -0.686. The van der Waals surface area contributed by atoms with Gasteiger partial charge in [-0.15, -0.1) is 0 Å².